The topological polar surface area (TPSA) is 86.6 Å². The van der Waals surface area contributed by atoms with Gasteiger partial charge in [0.1, 0.15) is 0 Å². The first-order chi connectivity index (χ1) is 15.3. The molecule has 0 saturated heterocycles. The number of anilines is 1. The SMILES string of the molecule is CCCCCCCCCCCCCCCCCC(=O)Nc1c(C)cccc1CP(=O)(O)O. The first kappa shape index (κ1) is 28.9. The van der Waals surface area contributed by atoms with Crippen molar-refractivity contribution in [3.05, 3.63) is 29.3 Å². The van der Waals surface area contributed by atoms with Crippen LogP contribution in [0.2, 0.25) is 0 Å². The molecule has 0 unspecified atom stereocenters. The molecule has 0 saturated carbocycles. The largest absolute Gasteiger partial charge is 0.329 e. The molecule has 0 heterocycles. The molecule has 0 aromatic heterocycles. The molecule has 1 amide bonds. The Kier molecular flexibility index (Phi) is 15.6. The first-order valence-corrected chi connectivity index (χ1v) is 14.6. The molecule has 0 aliphatic heterocycles. The number of carbonyl (C=O) groups excluding carboxylic acids is 1. The smallest absolute Gasteiger partial charge is 0.326 e. The Bertz CT molecular complexity index is 686. The number of rotatable bonds is 19. The zero-order chi connectivity index (χ0) is 23.7. The highest BCUT2D eigenvalue weighted by molar-refractivity contribution is 7.50. The summed E-state index contributed by atoms with van der Waals surface area (Å²) in [5, 5.41) is 2.87. The van der Waals surface area contributed by atoms with E-state index in [1.807, 2.05) is 13.0 Å². The van der Waals surface area contributed by atoms with E-state index in [2.05, 4.69) is 12.2 Å². The molecule has 1 aromatic carbocycles. The summed E-state index contributed by atoms with van der Waals surface area (Å²) in [5.41, 5.74) is 1.85. The highest BCUT2D eigenvalue weighted by atomic mass is 31.2. The summed E-state index contributed by atoms with van der Waals surface area (Å²) in [6.45, 7) is 4.10. The fourth-order valence-electron chi connectivity index (χ4n) is 4.12. The second-order valence-corrected chi connectivity index (χ2v) is 10.8. The molecule has 0 radical (unpaired) electrons. The monoisotopic (exact) mass is 467 g/mol. The van der Waals surface area contributed by atoms with Gasteiger partial charge in [-0.15, -0.1) is 0 Å². The Balaban J connectivity index is 2.07. The van der Waals surface area contributed by atoms with Crippen LogP contribution in [0.1, 0.15) is 121 Å². The second kappa shape index (κ2) is 17.3. The molecule has 0 spiro atoms. The van der Waals surface area contributed by atoms with Gasteiger partial charge in [-0.05, 0) is 24.5 Å². The third-order valence-electron chi connectivity index (χ3n) is 6.01. The predicted octanol–water partition coefficient (Wildman–Crippen LogP) is 7.87. The lowest BCUT2D eigenvalue weighted by molar-refractivity contribution is -0.116. The lowest BCUT2D eigenvalue weighted by Crippen LogP contribution is -2.14. The molecule has 0 atom stereocenters. The van der Waals surface area contributed by atoms with Crippen molar-refractivity contribution >= 4 is 19.2 Å². The molecule has 0 aliphatic carbocycles. The van der Waals surface area contributed by atoms with Gasteiger partial charge in [0, 0.05) is 12.1 Å². The van der Waals surface area contributed by atoms with Crippen molar-refractivity contribution in [2.24, 2.45) is 0 Å². The first-order valence-electron chi connectivity index (χ1n) is 12.8. The molecule has 6 heteroatoms. The van der Waals surface area contributed by atoms with E-state index in [0.29, 0.717) is 17.7 Å². The Labute approximate surface area is 195 Å². The maximum Gasteiger partial charge on any atom is 0.329 e. The maximum atomic E-state index is 12.3. The van der Waals surface area contributed by atoms with Gasteiger partial charge in [-0.1, -0.05) is 115 Å². The van der Waals surface area contributed by atoms with E-state index < -0.39 is 7.60 Å². The van der Waals surface area contributed by atoms with E-state index in [1.165, 1.54) is 83.5 Å². The van der Waals surface area contributed by atoms with Gasteiger partial charge in [0.2, 0.25) is 5.91 Å². The molecule has 0 aliphatic rings. The number of amides is 1. The Morgan fingerprint density at radius 3 is 1.75 bits per heavy atom. The fraction of sp³-hybridized carbons (Fsp3) is 0.731. The summed E-state index contributed by atoms with van der Waals surface area (Å²) in [5.74, 6) is -0.0824. The van der Waals surface area contributed by atoms with Gasteiger partial charge in [0.15, 0.2) is 0 Å². The molecule has 184 valence electrons. The van der Waals surface area contributed by atoms with Gasteiger partial charge < -0.3 is 15.1 Å². The number of benzene rings is 1. The third kappa shape index (κ3) is 14.8. The van der Waals surface area contributed by atoms with Crippen LogP contribution in [0.15, 0.2) is 18.2 Å². The fourth-order valence-corrected chi connectivity index (χ4v) is 4.83. The average Bonchev–Trinajstić information content (AvgIpc) is 2.72. The highest BCUT2D eigenvalue weighted by Crippen LogP contribution is 2.41. The Hall–Kier alpha value is -1.16. The average molecular weight is 468 g/mol. The van der Waals surface area contributed by atoms with Gasteiger partial charge in [0.05, 0.1) is 6.16 Å². The number of carbonyl (C=O) groups is 1. The van der Waals surface area contributed by atoms with Gasteiger partial charge in [-0.25, -0.2) is 0 Å². The minimum absolute atomic E-state index is 0.0824. The van der Waals surface area contributed by atoms with E-state index in [1.54, 1.807) is 12.1 Å². The van der Waals surface area contributed by atoms with Crippen molar-refractivity contribution in [1.29, 1.82) is 0 Å². The lowest BCUT2D eigenvalue weighted by atomic mass is 10.0. The van der Waals surface area contributed by atoms with E-state index in [-0.39, 0.29) is 12.1 Å². The molecular weight excluding hydrogens is 421 g/mol. The van der Waals surface area contributed by atoms with Crippen LogP contribution < -0.4 is 5.32 Å². The lowest BCUT2D eigenvalue weighted by Gasteiger charge is -2.14. The maximum absolute atomic E-state index is 12.3. The standard InChI is InChI=1S/C26H46NO4P/c1-3-4-5-6-7-8-9-10-11-12-13-14-15-16-17-21-25(28)27-26-23(2)19-18-20-24(26)22-32(29,30)31/h18-20H,3-17,21-22H2,1-2H3,(H,27,28)(H2,29,30,31). The summed E-state index contributed by atoms with van der Waals surface area (Å²) in [7, 11) is -4.18. The van der Waals surface area contributed by atoms with Crippen LogP contribution in [0, 0.1) is 6.92 Å². The van der Waals surface area contributed by atoms with Gasteiger partial charge in [-0.3, -0.25) is 9.36 Å². The zero-order valence-electron chi connectivity index (χ0n) is 20.4. The van der Waals surface area contributed by atoms with Crippen LogP contribution in [0.25, 0.3) is 0 Å². The predicted molar refractivity (Wildman–Crippen MR) is 135 cm³/mol. The van der Waals surface area contributed by atoms with E-state index in [9.17, 15) is 19.1 Å². The summed E-state index contributed by atoms with van der Waals surface area (Å²) >= 11 is 0. The molecule has 1 rings (SSSR count). The van der Waals surface area contributed by atoms with Crippen molar-refractivity contribution in [3.63, 3.8) is 0 Å². The summed E-state index contributed by atoms with van der Waals surface area (Å²) < 4.78 is 11.4. The molecule has 1 aromatic rings. The zero-order valence-corrected chi connectivity index (χ0v) is 21.3. The van der Waals surface area contributed by atoms with Crippen molar-refractivity contribution in [1.82, 2.24) is 0 Å². The number of hydrogen-bond acceptors (Lipinski definition) is 2. The Morgan fingerprint density at radius 1 is 0.812 bits per heavy atom. The van der Waals surface area contributed by atoms with E-state index in [0.717, 1.165) is 18.4 Å². The minimum Gasteiger partial charge on any atom is -0.326 e. The normalized spacial score (nSPS) is 11.6. The molecule has 32 heavy (non-hydrogen) atoms. The van der Waals surface area contributed by atoms with E-state index >= 15 is 0 Å². The van der Waals surface area contributed by atoms with Crippen LogP contribution in [-0.2, 0) is 15.5 Å². The van der Waals surface area contributed by atoms with Crippen molar-refractivity contribution in [2.75, 3.05) is 5.32 Å². The third-order valence-corrected chi connectivity index (χ3v) is 6.76. The van der Waals surface area contributed by atoms with Crippen molar-refractivity contribution in [3.8, 4) is 0 Å². The minimum atomic E-state index is -4.18. The van der Waals surface area contributed by atoms with Crippen LogP contribution in [-0.4, -0.2) is 15.7 Å². The van der Waals surface area contributed by atoms with Crippen molar-refractivity contribution in [2.45, 2.75) is 123 Å². The Morgan fingerprint density at radius 2 is 1.28 bits per heavy atom. The van der Waals surface area contributed by atoms with Gasteiger partial charge in [0.25, 0.3) is 0 Å². The van der Waals surface area contributed by atoms with Crippen LogP contribution in [0.5, 0.6) is 0 Å². The van der Waals surface area contributed by atoms with Gasteiger partial charge >= 0.3 is 7.60 Å². The summed E-state index contributed by atoms with van der Waals surface area (Å²) in [6.07, 6.45) is 19.4. The summed E-state index contributed by atoms with van der Waals surface area (Å²) in [4.78, 5) is 30.9. The van der Waals surface area contributed by atoms with Crippen LogP contribution >= 0.6 is 7.60 Å². The molecule has 0 bridgehead atoms. The summed E-state index contributed by atoms with van der Waals surface area (Å²) in [6, 6.07) is 5.26. The second-order valence-electron chi connectivity index (χ2n) is 9.18. The molecular formula is C26H46NO4P. The molecule has 3 N–H and O–H groups in total. The van der Waals surface area contributed by atoms with Crippen molar-refractivity contribution < 1.29 is 19.1 Å². The quantitative estimate of drug-likeness (QED) is 0.143. The molecule has 0 fully saturated rings. The van der Waals surface area contributed by atoms with Crippen LogP contribution in [0.3, 0.4) is 0 Å². The number of aryl methyl sites for hydroxylation is 1. The number of nitrogens with one attached hydrogen (secondary N) is 1. The van der Waals surface area contributed by atoms with Gasteiger partial charge in [-0.2, -0.15) is 0 Å². The van der Waals surface area contributed by atoms with E-state index in [4.69, 9.17) is 0 Å². The number of hydrogen-bond donors (Lipinski definition) is 3. The number of unbranched alkanes of at least 4 members (excludes halogenated alkanes) is 14. The molecule has 5 nitrogen and oxygen atoms in total. The number of para-hydroxylation sites is 1. The highest BCUT2D eigenvalue weighted by Gasteiger charge is 2.18. The van der Waals surface area contributed by atoms with Crippen LogP contribution in [0.4, 0.5) is 5.69 Å².